The Balaban J connectivity index is 2.36. The fourth-order valence-electron chi connectivity index (χ4n) is 1.57. The standard InChI is InChI=1S/C12H13N3O4/c1-3-19-8-5-4-7(6-9(8)18-2)10-13-11(12(16)17)15-14-10/h4-6H,3H2,1-2H3,(H,16,17)(H,13,14,15). The number of benzene rings is 1. The second-order valence-corrected chi connectivity index (χ2v) is 3.61. The lowest BCUT2D eigenvalue weighted by Crippen LogP contribution is -1.98. The molecular weight excluding hydrogens is 250 g/mol. The lowest BCUT2D eigenvalue weighted by Gasteiger charge is -2.09. The van der Waals surface area contributed by atoms with E-state index in [1.165, 1.54) is 7.11 Å². The molecule has 0 amide bonds. The predicted molar refractivity (Wildman–Crippen MR) is 66.5 cm³/mol. The Hall–Kier alpha value is -2.57. The maximum atomic E-state index is 10.7. The number of H-pyrrole nitrogens is 1. The van der Waals surface area contributed by atoms with E-state index in [4.69, 9.17) is 14.6 Å². The monoisotopic (exact) mass is 263 g/mol. The predicted octanol–water partition coefficient (Wildman–Crippen LogP) is 1.58. The molecule has 19 heavy (non-hydrogen) atoms. The molecule has 0 radical (unpaired) electrons. The number of aromatic nitrogens is 3. The van der Waals surface area contributed by atoms with Gasteiger partial charge in [0.2, 0.25) is 5.82 Å². The molecule has 2 aromatic rings. The fraction of sp³-hybridized carbons (Fsp3) is 0.250. The molecular formula is C12H13N3O4. The Kier molecular flexibility index (Phi) is 3.65. The molecule has 0 aliphatic rings. The molecule has 1 heterocycles. The molecule has 2 N–H and O–H groups in total. The van der Waals surface area contributed by atoms with Crippen molar-refractivity contribution in [3.05, 3.63) is 24.0 Å². The number of methoxy groups -OCH3 is 1. The van der Waals surface area contributed by atoms with Crippen LogP contribution in [-0.4, -0.2) is 40.0 Å². The van der Waals surface area contributed by atoms with Gasteiger partial charge in [-0.25, -0.2) is 9.78 Å². The van der Waals surface area contributed by atoms with Gasteiger partial charge in [-0.2, -0.15) is 5.10 Å². The summed E-state index contributed by atoms with van der Waals surface area (Å²) >= 11 is 0. The van der Waals surface area contributed by atoms with Gasteiger partial charge < -0.3 is 14.6 Å². The lowest BCUT2D eigenvalue weighted by molar-refractivity contribution is 0.0684. The van der Waals surface area contributed by atoms with E-state index in [9.17, 15) is 4.79 Å². The van der Waals surface area contributed by atoms with E-state index in [0.717, 1.165) is 0 Å². The van der Waals surface area contributed by atoms with Crippen molar-refractivity contribution in [2.45, 2.75) is 6.92 Å². The first-order chi connectivity index (χ1) is 9.15. The number of carboxylic acids is 1. The van der Waals surface area contributed by atoms with Gasteiger partial charge in [-0.1, -0.05) is 0 Å². The highest BCUT2D eigenvalue weighted by Gasteiger charge is 2.13. The number of carboxylic acid groups (broad SMARTS) is 1. The van der Waals surface area contributed by atoms with Crippen molar-refractivity contribution in [2.75, 3.05) is 13.7 Å². The summed E-state index contributed by atoms with van der Waals surface area (Å²) < 4.78 is 10.6. The molecule has 0 bridgehead atoms. The second kappa shape index (κ2) is 5.38. The molecule has 0 spiro atoms. The molecule has 0 aliphatic heterocycles. The Bertz CT molecular complexity index is 594. The summed E-state index contributed by atoms with van der Waals surface area (Å²) in [5, 5.41) is 15.0. The third kappa shape index (κ3) is 2.65. The smallest absolute Gasteiger partial charge is 0.373 e. The van der Waals surface area contributed by atoms with Crippen LogP contribution in [0.2, 0.25) is 0 Å². The molecule has 7 nitrogen and oxygen atoms in total. The van der Waals surface area contributed by atoms with Crippen molar-refractivity contribution in [3.63, 3.8) is 0 Å². The average Bonchev–Trinajstić information content (AvgIpc) is 2.89. The summed E-state index contributed by atoms with van der Waals surface area (Å²) in [4.78, 5) is 14.6. The van der Waals surface area contributed by atoms with Crippen molar-refractivity contribution in [2.24, 2.45) is 0 Å². The van der Waals surface area contributed by atoms with Gasteiger partial charge in [0, 0.05) is 5.56 Å². The van der Waals surface area contributed by atoms with Crippen molar-refractivity contribution >= 4 is 5.97 Å². The Morgan fingerprint density at radius 3 is 2.79 bits per heavy atom. The van der Waals surface area contributed by atoms with Gasteiger partial charge in [0.15, 0.2) is 17.3 Å². The zero-order valence-electron chi connectivity index (χ0n) is 10.5. The molecule has 0 unspecified atom stereocenters. The van der Waals surface area contributed by atoms with Crippen molar-refractivity contribution in [3.8, 4) is 22.9 Å². The second-order valence-electron chi connectivity index (χ2n) is 3.61. The highest BCUT2D eigenvalue weighted by molar-refractivity contribution is 5.83. The molecule has 2 rings (SSSR count). The summed E-state index contributed by atoms with van der Waals surface area (Å²) in [7, 11) is 1.53. The van der Waals surface area contributed by atoms with E-state index < -0.39 is 5.97 Å². The van der Waals surface area contributed by atoms with Crippen LogP contribution in [0.5, 0.6) is 11.5 Å². The number of aromatic amines is 1. The largest absolute Gasteiger partial charge is 0.493 e. The molecule has 0 atom stereocenters. The van der Waals surface area contributed by atoms with E-state index in [-0.39, 0.29) is 5.82 Å². The summed E-state index contributed by atoms with van der Waals surface area (Å²) in [5.41, 5.74) is 0.643. The summed E-state index contributed by atoms with van der Waals surface area (Å²) in [5.74, 6) is 0.0852. The van der Waals surface area contributed by atoms with Crippen LogP contribution in [0.3, 0.4) is 0 Å². The van der Waals surface area contributed by atoms with E-state index in [1.807, 2.05) is 6.92 Å². The highest BCUT2D eigenvalue weighted by atomic mass is 16.5. The summed E-state index contributed by atoms with van der Waals surface area (Å²) in [6, 6.07) is 5.16. The topological polar surface area (TPSA) is 97.3 Å². The number of nitrogens with zero attached hydrogens (tertiary/aromatic N) is 2. The number of hydrogen-bond donors (Lipinski definition) is 2. The van der Waals surface area contributed by atoms with E-state index in [2.05, 4.69) is 15.2 Å². The van der Waals surface area contributed by atoms with Gasteiger partial charge in [0.1, 0.15) is 0 Å². The van der Waals surface area contributed by atoms with E-state index in [1.54, 1.807) is 18.2 Å². The summed E-state index contributed by atoms with van der Waals surface area (Å²) in [6.07, 6.45) is 0. The van der Waals surface area contributed by atoms with Crippen molar-refractivity contribution in [1.29, 1.82) is 0 Å². The average molecular weight is 263 g/mol. The molecule has 100 valence electrons. The van der Waals surface area contributed by atoms with Crippen molar-refractivity contribution in [1.82, 2.24) is 15.2 Å². The molecule has 0 saturated heterocycles. The van der Waals surface area contributed by atoms with Crippen LogP contribution in [-0.2, 0) is 0 Å². The Morgan fingerprint density at radius 1 is 1.42 bits per heavy atom. The van der Waals surface area contributed by atoms with E-state index >= 15 is 0 Å². The van der Waals surface area contributed by atoms with Crippen LogP contribution in [0, 0.1) is 0 Å². The molecule has 0 aliphatic carbocycles. The van der Waals surface area contributed by atoms with Crippen LogP contribution in [0.15, 0.2) is 18.2 Å². The zero-order chi connectivity index (χ0) is 13.8. The van der Waals surface area contributed by atoms with Crippen LogP contribution >= 0.6 is 0 Å². The minimum atomic E-state index is -1.16. The lowest BCUT2D eigenvalue weighted by atomic mass is 10.2. The van der Waals surface area contributed by atoms with Gasteiger partial charge in [-0.3, -0.25) is 5.10 Å². The number of carbonyl (C=O) groups is 1. The Morgan fingerprint density at radius 2 is 2.21 bits per heavy atom. The third-order valence-corrected chi connectivity index (χ3v) is 2.41. The number of rotatable bonds is 5. The fourth-order valence-corrected chi connectivity index (χ4v) is 1.57. The number of ether oxygens (including phenoxy) is 2. The van der Waals surface area contributed by atoms with Gasteiger partial charge in [-0.05, 0) is 25.1 Å². The normalized spacial score (nSPS) is 10.2. The van der Waals surface area contributed by atoms with Gasteiger partial charge in [0.25, 0.3) is 0 Å². The maximum absolute atomic E-state index is 10.7. The minimum absolute atomic E-state index is 0.206. The number of hydrogen-bond acceptors (Lipinski definition) is 5. The summed E-state index contributed by atoms with van der Waals surface area (Å²) in [6.45, 7) is 2.40. The zero-order valence-corrected chi connectivity index (χ0v) is 10.5. The van der Waals surface area contributed by atoms with Crippen LogP contribution in [0.1, 0.15) is 17.5 Å². The van der Waals surface area contributed by atoms with Gasteiger partial charge in [-0.15, -0.1) is 0 Å². The Labute approximate surface area is 109 Å². The van der Waals surface area contributed by atoms with E-state index in [0.29, 0.717) is 29.5 Å². The molecule has 1 aromatic heterocycles. The van der Waals surface area contributed by atoms with Crippen molar-refractivity contribution < 1.29 is 19.4 Å². The highest BCUT2D eigenvalue weighted by Crippen LogP contribution is 2.31. The van der Waals surface area contributed by atoms with Crippen LogP contribution < -0.4 is 9.47 Å². The maximum Gasteiger partial charge on any atom is 0.373 e. The number of nitrogens with one attached hydrogen (secondary N) is 1. The first-order valence-electron chi connectivity index (χ1n) is 5.62. The van der Waals surface area contributed by atoms with Crippen LogP contribution in [0.4, 0.5) is 0 Å². The minimum Gasteiger partial charge on any atom is -0.493 e. The third-order valence-electron chi connectivity index (χ3n) is 2.41. The van der Waals surface area contributed by atoms with Gasteiger partial charge in [0.05, 0.1) is 13.7 Å². The first kappa shape index (κ1) is 12.9. The molecule has 0 fully saturated rings. The quantitative estimate of drug-likeness (QED) is 0.849. The SMILES string of the molecule is CCOc1ccc(-c2n[nH]c(C(=O)O)n2)cc1OC. The van der Waals surface area contributed by atoms with Gasteiger partial charge >= 0.3 is 5.97 Å². The number of aromatic carboxylic acids is 1. The van der Waals surface area contributed by atoms with Crippen LogP contribution in [0.25, 0.3) is 11.4 Å². The molecule has 1 aromatic carbocycles. The first-order valence-corrected chi connectivity index (χ1v) is 5.62. The molecule has 7 heteroatoms. The molecule has 0 saturated carbocycles.